The van der Waals surface area contributed by atoms with E-state index in [-0.39, 0.29) is 29.9 Å². The van der Waals surface area contributed by atoms with Gasteiger partial charge in [0, 0.05) is 24.2 Å². The largest absolute Gasteiger partial charge is 0.497 e. The Morgan fingerprint density at radius 1 is 1.14 bits per heavy atom. The summed E-state index contributed by atoms with van der Waals surface area (Å²) in [6.45, 7) is 0.207. The van der Waals surface area contributed by atoms with Crippen LogP contribution < -0.4 is 15.6 Å². The molecule has 0 atom stereocenters. The first kappa shape index (κ1) is 19.7. The van der Waals surface area contributed by atoms with Gasteiger partial charge in [0.25, 0.3) is 17.2 Å². The van der Waals surface area contributed by atoms with Crippen LogP contribution >= 0.6 is 0 Å². The number of nitro benzene ring substituents is 1. The summed E-state index contributed by atoms with van der Waals surface area (Å²) in [5, 5.41) is 17.9. The first-order valence-corrected chi connectivity index (χ1v) is 8.74. The standard InChI is InChI=1S/C20H18N4O5/c1-29-15-8-6-14(7-9-15)17-10-11-19(25)23(22-17)13-12-21-20(26)16-4-2-3-5-18(16)24(27)28/h2-11H,12-13H2,1H3,(H,21,26). The smallest absolute Gasteiger partial charge is 0.282 e. The van der Waals surface area contributed by atoms with Crippen molar-refractivity contribution in [3.63, 3.8) is 0 Å². The number of amides is 1. The number of nitrogens with one attached hydrogen (secondary N) is 1. The summed E-state index contributed by atoms with van der Waals surface area (Å²) < 4.78 is 6.36. The predicted molar refractivity (Wildman–Crippen MR) is 106 cm³/mol. The summed E-state index contributed by atoms with van der Waals surface area (Å²) in [6, 6.07) is 15.9. The third kappa shape index (κ3) is 4.64. The summed E-state index contributed by atoms with van der Waals surface area (Å²) >= 11 is 0. The van der Waals surface area contributed by atoms with Crippen molar-refractivity contribution in [3.8, 4) is 17.0 Å². The number of benzene rings is 2. The zero-order valence-corrected chi connectivity index (χ0v) is 15.6. The number of nitrogens with zero attached hydrogens (tertiary/aromatic N) is 3. The number of methoxy groups -OCH3 is 1. The van der Waals surface area contributed by atoms with Gasteiger partial charge in [0.15, 0.2) is 0 Å². The Morgan fingerprint density at radius 2 is 1.86 bits per heavy atom. The second-order valence-electron chi connectivity index (χ2n) is 6.04. The van der Waals surface area contributed by atoms with E-state index in [4.69, 9.17) is 4.74 Å². The van der Waals surface area contributed by atoms with Crippen molar-refractivity contribution < 1.29 is 14.5 Å². The molecular formula is C20H18N4O5. The fourth-order valence-corrected chi connectivity index (χ4v) is 2.72. The van der Waals surface area contributed by atoms with E-state index >= 15 is 0 Å². The topological polar surface area (TPSA) is 116 Å². The molecule has 0 fully saturated rings. The van der Waals surface area contributed by atoms with Crippen molar-refractivity contribution in [2.24, 2.45) is 0 Å². The molecule has 0 aliphatic carbocycles. The number of carbonyl (C=O) groups excluding carboxylic acids is 1. The quantitative estimate of drug-likeness (QED) is 0.485. The van der Waals surface area contributed by atoms with Crippen molar-refractivity contribution >= 4 is 11.6 Å². The maximum Gasteiger partial charge on any atom is 0.282 e. The number of rotatable bonds is 7. The van der Waals surface area contributed by atoms with Crippen LogP contribution in [0.4, 0.5) is 5.69 Å². The minimum atomic E-state index is -0.612. The molecule has 9 nitrogen and oxygen atoms in total. The SMILES string of the molecule is COc1ccc(-c2ccc(=O)n(CCNC(=O)c3ccccc3[N+](=O)[O-])n2)cc1. The molecule has 0 aliphatic heterocycles. The van der Waals surface area contributed by atoms with E-state index < -0.39 is 10.8 Å². The number of para-hydroxylation sites is 1. The lowest BCUT2D eigenvalue weighted by Gasteiger charge is -2.09. The molecule has 0 aliphatic rings. The Bertz CT molecular complexity index is 1090. The highest BCUT2D eigenvalue weighted by Gasteiger charge is 2.18. The molecule has 0 unspecified atom stereocenters. The molecule has 0 radical (unpaired) electrons. The van der Waals surface area contributed by atoms with Crippen LogP contribution in [-0.4, -0.2) is 34.3 Å². The number of ether oxygens (including phenoxy) is 1. The molecule has 0 bridgehead atoms. The van der Waals surface area contributed by atoms with Crippen LogP contribution in [-0.2, 0) is 6.54 Å². The predicted octanol–water partition coefficient (Wildman–Crippen LogP) is 2.26. The normalized spacial score (nSPS) is 10.4. The molecular weight excluding hydrogens is 376 g/mol. The molecule has 3 aromatic rings. The van der Waals surface area contributed by atoms with E-state index in [1.54, 1.807) is 31.4 Å². The summed E-state index contributed by atoms with van der Waals surface area (Å²) in [7, 11) is 1.58. The van der Waals surface area contributed by atoms with Crippen LogP contribution in [0.5, 0.6) is 5.75 Å². The van der Waals surface area contributed by atoms with Gasteiger partial charge in [-0.15, -0.1) is 0 Å². The fourth-order valence-electron chi connectivity index (χ4n) is 2.72. The monoisotopic (exact) mass is 394 g/mol. The van der Waals surface area contributed by atoms with Gasteiger partial charge in [-0.1, -0.05) is 12.1 Å². The summed E-state index contributed by atoms with van der Waals surface area (Å²) in [5.41, 5.74) is 0.773. The van der Waals surface area contributed by atoms with Crippen LogP contribution in [0.3, 0.4) is 0 Å². The van der Waals surface area contributed by atoms with Gasteiger partial charge < -0.3 is 10.1 Å². The lowest BCUT2D eigenvalue weighted by Crippen LogP contribution is -2.32. The minimum Gasteiger partial charge on any atom is -0.497 e. The Morgan fingerprint density at radius 3 is 2.55 bits per heavy atom. The van der Waals surface area contributed by atoms with Crippen LogP contribution in [0.15, 0.2) is 65.5 Å². The molecule has 0 saturated heterocycles. The molecule has 2 aromatic carbocycles. The van der Waals surface area contributed by atoms with Gasteiger partial charge in [0.05, 0.1) is 24.3 Å². The molecule has 1 amide bonds. The van der Waals surface area contributed by atoms with E-state index in [2.05, 4.69) is 10.4 Å². The zero-order chi connectivity index (χ0) is 20.8. The van der Waals surface area contributed by atoms with Crippen molar-refractivity contribution in [2.45, 2.75) is 6.54 Å². The number of carbonyl (C=O) groups is 1. The third-order valence-electron chi connectivity index (χ3n) is 4.21. The van der Waals surface area contributed by atoms with Crippen molar-refractivity contribution in [1.82, 2.24) is 15.1 Å². The molecule has 29 heavy (non-hydrogen) atoms. The summed E-state index contributed by atoms with van der Waals surface area (Å²) in [5.74, 6) is 0.122. The van der Waals surface area contributed by atoms with Gasteiger partial charge >= 0.3 is 0 Å². The average molecular weight is 394 g/mol. The zero-order valence-electron chi connectivity index (χ0n) is 15.6. The minimum absolute atomic E-state index is 0.0372. The second kappa shape index (κ2) is 8.79. The molecule has 1 aromatic heterocycles. The van der Waals surface area contributed by atoms with E-state index in [0.29, 0.717) is 11.4 Å². The highest BCUT2D eigenvalue weighted by molar-refractivity contribution is 5.98. The fraction of sp³-hybridized carbons (Fsp3) is 0.150. The maximum absolute atomic E-state index is 12.3. The summed E-state index contributed by atoms with van der Waals surface area (Å²) in [4.78, 5) is 34.8. The Balaban J connectivity index is 1.70. The van der Waals surface area contributed by atoms with Crippen molar-refractivity contribution in [2.75, 3.05) is 13.7 Å². The highest BCUT2D eigenvalue weighted by atomic mass is 16.6. The van der Waals surface area contributed by atoms with Crippen molar-refractivity contribution in [3.05, 3.63) is 86.7 Å². The number of aromatic nitrogens is 2. The van der Waals surface area contributed by atoms with E-state index in [1.165, 1.54) is 28.9 Å². The van der Waals surface area contributed by atoms with Gasteiger partial charge in [-0.25, -0.2) is 4.68 Å². The first-order chi connectivity index (χ1) is 14.0. The number of hydrogen-bond donors (Lipinski definition) is 1. The third-order valence-corrected chi connectivity index (χ3v) is 4.21. The van der Waals surface area contributed by atoms with Gasteiger partial charge in [-0.2, -0.15) is 5.10 Å². The van der Waals surface area contributed by atoms with Crippen LogP contribution in [0.2, 0.25) is 0 Å². The first-order valence-electron chi connectivity index (χ1n) is 8.74. The lowest BCUT2D eigenvalue weighted by molar-refractivity contribution is -0.385. The van der Waals surface area contributed by atoms with Gasteiger partial charge in [-0.05, 0) is 36.4 Å². The number of nitro groups is 1. The molecule has 1 heterocycles. The molecule has 1 N–H and O–H groups in total. The van der Waals surface area contributed by atoms with Gasteiger partial charge in [0.1, 0.15) is 11.3 Å². The Labute approximate surface area is 165 Å². The van der Waals surface area contributed by atoms with Crippen LogP contribution in [0, 0.1) is 10.1 Å². The Hall–Kier alpha value is -4.01. The van der Waals surface area contributed by atoms with Crippen molar-refractivity contribution in [1.29, 1.82) is 0 Å². The average Bonchev–Trinajstić information content (AvgIpc) is 2.75. The molecule has 9 heteroatoms. The summed E-state index contributed by atoms with van der Waals surface area (Å²) in [6.07, 6.45) is 0. The molecule has 0 spiro atoms. The highest BCUT2D eigenvalue weighted by Crippen LogP contribution is 2.19. The lowest BCUT2D eigenvalue weighted by atomic mass is 10.1. The van der Waals surface area contributed by atoms with E-state index in [0.717, 1.165) is 5.56 Å². The van der Waals surface area contributed by atoms with E-state index in [9.17, 15) is 19.7 Å². The molecule has 3 rings (SSSR count). The van der Waals surface area contributed by atoms with Crippen LogP contribution in [0.25, 0.3) is 11.3 Å². The van der Waals surface area contributed by atoms with Gasteiger partial charge in [-0.3, -0.25) is 19.7 Å². The second-order valence-corrected chi connectivity index (χ2v) is 6.04. The Kier molecular flexibility index (Phi) is 5.98. The number of hydrogen-bond acceptors (Lipinski definition) is 6. The maximum atomic E-state index is 12.3. The van der Waals surface area contributed by atoms with E-state index in [1.807, 2.05) is 12.1 Å². The molecule has 0 saturated carbocycles. The molecule has 148 valence electrons. The van der Waals surface area contributed by atoms with Crippen LogP contribution in [0.1, 0.15) is 10.4 Å². The van der Waals surface area contributed by atoms with Gasteiger partial charge in [0.2, 0.25) is 0 Å².